The number of furan rings is 2. The number of hydrogen-bond acceptors (Lipinski definition) is 4. The molecule has 0 bridgehead atoms. The number of anilines is 6. The van der Waals surface area contributed by atoms with Gasteiger partial charge >= 0.3 is 0 Å². The van der Waals surface area contributed by atoms with E-state index in [2.05, 4.69) is 122 Å². The summed E-state index contributed by atoms with van der Waals surface area (Å²) in [5.41, 5.74) is 13.9. The molecule has 2 aromatic heterocycles. The first-order valence-electron chi connectivity index (χ1n) is 14.0. The molecule has 4 nitrogen and oxygen atoms in total. The maximum Gasteiger partial charge on any atom is 0.114 e. The summed E-state index contributed by atoms with van der Waals surface area (Å²) in [6.07, 6.45) is 7.06. The summed E-state index contributed by atoms with van der Waals surface area (Å²) in [7, 11) is 0. The van der Waals surface area contributed by atoms with Crippen molar-refractivity contribution < 1.29 is 8.83 Å². The highest BCUT2D eigenvalue weighted by Crippen LogP contribution is 2.52. The van der Waals surface area contributed by atoms with Crippen molar-refractivity contribution in [1.29, 1.82) is 0 Å². The fraction of sp³-hybridized carbons (Fsp3) is 0.135. The van der Waals surface area contributed by atoms with Crippen molar-refractivity contribution in [3.05, 3.63) is 144 Å². The first-order chi connectivity index (χ1) is 19.9. The van der Waals surface area contributed by atoms with Crippen LogP contribution in [-0.2, 0) is 5.41 Å². The lowest BCUT2D eigenvalue weighted by Gasteiger charge is -2.28. The van der Waals surface area contributed by atoms with Gasteiger partial charge in [-0.05, 0) is 84.6 Å². The molecule has 41 heavy (non-hydrogen) atoms. The van der Waals surface area contributed by atoms with Gasteiger partial charge in [0, 0.05) is 40.3 Å². The van der Waals surface area contributed by atoms with Crippen molar-refractivity contribution in [2.24, 2.45) is 0 Å². The number of hydrogen-bond donors (Lipinski definition) is 0. The van der Waals surface area contributed by atoms with Crippen LogP contribution in [0.25, 0.3) is 11.1 Å². The van der Waals surface area contributed by atoms with Crippen LogP contribution in [0, 0.1) is 13.8 Å². The Kier molecular flexibility index (Phi) is 5.86. The third-order valence-corrected chi connectivity index (χ3v) is 8.27. The van der Waals surface area contributed by atoms with Gasteiger partial charge in [-0.2, -0.15) is 0 Å². The van der Waals surface area contributed by atoms with Crippen LogP contribution in [-0.4, -0.2) is 0 Å². The topological polar surface area (TPSA) is 32.8 Å². The SMILES string of the molecule is Cc1ccc(N(c2ccoc2)c2ccc3c(c2)C(C)(C)c2cc(N(c4ccc(C)cc4)c4ccoc4)ccc2-3)cc1. The van der Waals surface area contributed by atoms with Gasteiger partial charge in [-0.1, -0.05) is 61.4 Å². The van der Waals surface area contributed by atoms with Crippen LogP contribution < -0.4 is 9.80 Å². The second kappa shape index (κ2) is 9.60. The summed E-state index contributed by atoms with van der Waals surface area (Å²) in [5.74, 6) is 0. The Morgan fingerprint density at radius 3 is 1.22 bits per heavy atom. The predicted molar refractivity (Wildman–Crippen MR) is 167 cm³/mol. The zero-order valence-electron chi connectivity index (χ0n) is 23.8. The van der Waals surface area contributed by atoms with Gasteiger partial charge in [-0.15, -0.1) is 0 Å². The highest BCUT2D eigenvalue weighted by atomic mass is 16.3. The first-order valence-corrected chi connectivity index (χ1v) is 14.0. The molecule has 0 amide bonds. The van der Waals surface area contributed by atoms with E-state index in [1.165, 1.54) is 33.4 Å². The first kappa shape index (κ1) is 25.0. The molecule has 0 N–H and O–H groups in total. The monoisotopic (exact) mass is 536 g/mol. The third-order valence-electron chi connectivity index (χ3n) is 8.27. The van der Waals surface area contributed by atoms with Gasteiger partial charge in [-0.25, -0.2) is 0 Å². The lowest BCUT2D eigenvalue weighted by molar-refractivity contribution is 0.567. The Morgan fingerprint density at radius 1 is 0.463 bits per heavy atom. The Hall–Kier alpha value is -4.96. The van der Waals surface area contributed by atoms with Crippen molar-refractivity contribution in [1.82, 2.24) is 0 Å². The average Bonchev–Trinajstić information content (AvgIpc) is 3.74. The average molecular weight is 537 g/mol. The molecule has 0 saturated heterocycles. The number of aryl methyl sites for hydroxylation is 2. The highest BCUT2D eigenvalue weighted by Gasteiger charge is 2.37. The van der Waals surface area contributed by atoms with Gasteiger partial charge < -0.3 is 18.6 Å². The smallest absolute Gasteiger partial charge is 0.114 e. The molecule has 0 atom stereocenters. The van der Waals surface area contributed by atoms with Crippen molar-refractivity contribution in [2.45, 2.75) is 33.1 Å². The van der Waals surface area contributed by atoms with Crippen molar-refractivity contribution in [3.63, 3.8) is 0 Å². The van der Waals surface area contributed by atoms with E-state index in [-0.39, 0.29) is 5.41 Å². The summed E-state index contributed by atoms with van der Waals surface area (Å²) in [6, 6.07) is 34.9. The van der Waals surface area contributed by atoms with E-state index >= 15 is 0 Å². The fourth-order valence-electron chi connectivity index (χ4n) is 6.04. The zero-order chi connectivity index (χ0) is 28.1. The normalized spacial score (nSPS) is 13.1. The molecule has 202 valence electrons. The molecule has 0 radical (unpaired) electrons. The molecule has 4 heteroatoms. The molecule has 0 spiro atoms. The fourth-order valence-corrected chi connectivity index (χ4v) is 6.04. The van der Waals surface area contributed by atoms with E-state index in [4.69, 9.17) is 8.83 Å². The lowest BCUT2D eigenvalue weighted by Crippen LogP contribution is -2.17. The minimum atomic E-state index is -0.193. The molecule has 0 fully saturated rings. The van der Waals surface area contributed by atoms with Crippen molar-refractivity contribution >= 4 is 34.1 Å². The van der Waals surface area contributed by atoms with Gasteiger partial charge in [0.1, 0.15) is 12.5 Å². The van der Waals surface area contributed by atoms with E-state index in [0.717, 1.165) is 34.1 Å². The summed E-state index contributed by atoms with van der Waals surface area (Å²) >= 11 is 0. The van der Waals surface area contributed by atoms with Crippen molar-refractivity contribution in [3.8, 4) is 11.1 Å². The maximum absolute atomic E-state index is 5.50. The second-order valence-electron chi connectivity index (χ2n) is 11.4. The summed E-state index contributed by atoms with van der Waals surface area (Å²) in [5, 5.41) is 0. The quantitative estimate of drug-likeness (QED) is 0.212. The van der Waals surface area contributed by atoms with Crippen LogP contribution >= 0.6 is 0 Å². The minimum Gasteiger partial charge on any atom is -0.470 e. The maximum atomic E-state index is 5.50. The summed E-state index contributed by atoms with van der Waals surface area (Å²) in [4.78, 5) is 4.51. The predicted octanol–water partition coefficient (Wildman–Crippen LogP) is 10.7. The molecule has 6 aromatic rings. The Bertz CT molecular complexity index is 1680. The van der Waals surface area contributed by atoms with E-state index in [1.54, 1.807) is 25.1 Å². The van der Waals surface area contributed by atoms with E-state index < -0.39 is 0 Å². The van der Waals surface area contributed by atoms with Gasteiger partial charge in [-0.3, -0.25) is 0 Å². The lowest BCUT2D eigenvalue weighted by atomic mass is 9.82. The van der Waals surface area contributed by atoms with Crippen LogP contribution in [0.4, 0.5) is 34.1 Å². The Balaban J connectivity index is 1.33. The molecule has 7 rings (SSSR count). The number of benzene rings is 4. The Labute approximate surface area is 241 Å². The molecule has 1 aliphatic rings. The van der Waals surface area contributed by atoms with Gasteiger partial charge in [0.2, 0.25) is 0 Å². The molecule has 0 unspecified atom stereocenters. The number of fused-ring (bicyclic) bond motifs is 3. The van der Waals surface area contributed by atoms with Crippen LogP contribution in [0.2, 0.25) is 0 Å². The Morgan fingerprint density at radius 2 is 0.854 bits per heavy atom. The molecule has 2 heterocycles. The minimum absolute atomic E-state index is 0.193. The van der Waals surface area contributed by atoms with Crippen molar-refractivity contribution in [2.75, 3.05) is 9.80 Å². The molecule has 0 aliphatic heterocycles. The van der Waals surface area contributed by atoms with Crippen LogP contribution in [0.1, 0.15) is 36.1 Å². The summed E-state index contributed by atoms with van der Waals surface area (Å²) in [6.45, 7) is 8.88. The van der Waals surface area contributed by atoms with Crippen LogP contribution in [0.5, 0.6) is 0 Å². The molecular formula is C37H32N2O2. The van der Waals surface area contributed by atoms with Gasteiger partial charge in [0.25, 0.3) is 0 Å². The standard InChI is InChI=1S/C37H32N2O2/c1-25-5-9-27(10-6-25)38(31-17-19-40-23-31)29-13-15-33-34-16-14-30(22-36(34)37(3,4)35(33)21-29)39(32-18-20-41-24-32)28-11-7-26(2)8-12-28/h5-24H,1-4H3. The second-order valence-corrected chi connectivity index (χ2v) is 11.4. The molecule has 1 aliphatic carbocycles. The largest absolute Gasteiger partial charge is 0.470 e. The molecule has 0 saturated carbocycles. The van der Waals surface area contributed by atoms with E-state index in [9.17, 15) is 0 Å². The summed E-state index contributed by atoms with van der Waals surface area (Å²) < 4.78 is 11.0. The zero-order valence-corrected chi connectivity index (χ0v) is 23.8. The van der Waals surface area contributed by atoms with Crippen LogP contribution in [0.15, 0.2) is 131 Å². The molecular weight excluding hydrogens is 504 g/mol. The molecule has 4 aromatic carbocycles. The number of rotatable bonds is 6. The van der Waals surface area contributed by atoms with Gasteiger partial charge in [0.15, 0.2) is 0 Å². The van der Waals surface area contributed by atoms with Gasteiger partial charge in [0.05, 0.1) is 23.9 Å². The highest BCUT2D eigenvalue weighted by molar-refractivity contribution is 5.88. The van der Waals surface area contributed by atoms with Crippen LogP contribution in [0.3, 0.4) is 0 Å². The van der Waals surface area contributed by atoms with E-state index in [0.29, 0.717) is 0 Å². The third kappa shape index (κ3) is 4.23. The number of nitrogens with zero attached hydrogens (tertiary/aromatic N) is 2. The van der Waals surface area contributed by atoms with E-state index in [1.807, 2.05) is 12.1 Å².